The van der Waals surface area contributed by atoms with E-state index < -0.39 is 30.2 Å². The molecule has 3 unspecified atom stereocenters. The number of ether oxygens (including phenoxy) is 2. The lowest BCUT2D eigenvalue weighted by Gasteiger charge is -2.23. The molecule has 0 aliphatic carbocycles. The zero-order valence-corrected chi connectivity index (χ0v) is 14.6. The molecule has 10 heteroatoms. The maximum Gasteiger partial charge on any atom is 0.351 e. The average Bonchev–Trinajstić information content (AvgIpc) is 2.86. The fourth-order valence-electron chi connectivity index (χ4n) is 2.42. The van der Waals surface area contributed by atoms with Crippen LogP contribution in [0.4, 0.5) is 5.82 Å². The number of hydrogen-bond donors (Lipinski definition) is 2. The Bertz CT molecular complexity index is 544. The van der Waals surface area contributed by atoms with Crippen LogP contribution in [0, 0.1) is 0 Å². The third-order valence-corrected chi connectivity index (χ3v) is 4.21. The van der Waals surface area contributed by atoms with E-state index in [1.165, 1.54) is 4.57 Å². The van der Waals surface area contributed by atoms with Crippen molar-refractivity contribution in [3.8, 4) is 0 Å². The van der Waals surface area contributed by atoms with E-state index in [1.807, 2.05) is 6.92 Å². The normalized spacial score (nSPS) is 28.5. The van der Waals surface area contributed by atoms with Gasteiger partial charge in [0.05, 0.1) is 6.61 Å². The Morgan fingerprint density at radius 2 is 2.36 bits per heavy atom. The number of nitrogens with one attached hydrogen (secondary N) is 1. The van der Waals surface area contributed by atoms with Crippen molar-refractivity contribution in [2.75, 3.05) is 25.6 Å². The van der Waals surface area contributed by atoms with Crippen LogP contribution in [0.25, 0.3) is 0 Å². The number of hydrogen-bond acceptors (Lipinski definition) is 7. The molecule has 2 N–H and O–H groups in total. The molecule has 0 spiro atoms. The van der Waals surface area contributed by atoms with Crippen LogP contribution in [0.2, 0.25) is 0 Å². The predicted molar refractivity (Wildman–Crippen MR) is 87.4 cm³/mol. The van der Waals surface area contributed by atoms with E-state index in [2.05, 4.69) is 19.2 Å². The number of aliphatic hydroxyl groups excluding tert-OH is 1. The monoisotopic (exact) mass is 349 g/mol. The lowest BCUT2D eigenvalue weighted by Crippen LogP contribution is -2.38. The van der Waals surface area contributed by atoms with Crippen LogP contribution >= 0.6 is 17.4 Å². The van der Waals surface area contributed by atoms with Gasteiger partial charge in [-0.25, -0.2) is 4.79 Å². The summed E-state index contributed by atoms with van der Waals surface area (Å²) in [4.78, 5) is 16.1. The zero-order chi connectivity index (χ0) is 16.1. The summed E-state index contributed by atoms with van der Waals surface area (Å²) in [6, 6.07) is 1.67. The summed E-state index contributed by atoms with van der Waals surface area (Å²) in [7, 11) is 4.30. The molecule has 2 heterocycles. The van der Waals surface area contributed by atoms with Gasteiger partial charge in [0.25, 0.3) is 0 Å². The van der Waals surface area contributed by atoms with Gasteiger partial charge in [-0.1, -0.05) is 8.93 Å². The minimum absolute atomic E-state index is 0.126. The van der Waals surface area contributed by atoms with Gasteiger partial charge in [-0.3, -0.25) is 4.57 Å². The number of aromatic nitrogens is 2. The van der Waals surface area contributed by atoms with Crippen molar-refractivity contribution in [1.29, 1.82) is 0 Å². The van der Waals surface area contributed by atoms with Gasteiger partial charge >= 0.3 is 5.69 Å². The van der Waals surface area contributed by atoms with E-state index in [9.17, 15) is 9.90 Å². The Kier molecular flexibility index (Phi) is 6.68. The van der Waals surface area contributed by atoms with Gasteiger partial charge in [0.1, 0.15) is 24.1 Å². The van der Waals surface area contributed by atoms with Gasteiger partial charge in [0.2, 0.25) is 0 Å². The smallest absolute Gasteiger partial charge is 0.351 e. The molecule has 1 aliphatic heterocycles. The molecule has 1 aromatic heterocycles. The molecule has 0 bridgehead atoms. The molecule has 0 saturated carbocycles. The number of rotatable bonds is 7. The second kappa shape index (κ2) is 8.29. The van der Waals surface area contributed by atoms with E-state index in [0.717, 1.165) is 0 Å². The second-order valence-electron chi connectivity index (χ2n) is 4.62. The standard InChI is InChI=1S/C12H21N3O5P2/c1-3-18-9-7(6-16)19-11(10(9)20-22-21)15-5-4-8(13-2)14-12(15)17/h4-5,7,9-11,16,22H,3,6,21H2,1-2H3,(H,13,14,17)/t7-,9+,10?,11-/m1/s1. The third kappa shape index (κ3) is 3.65. The minimum atomic E-state index is -0.687. The van der Waals surface area contributed by atoms with Crippen LogP contribution in [-0.2, 0) is 14.0 Å². The number of aliphatic hydroxyl groups is 1. The van der Waals surface area contributed by atoms with Crippen molar-refractivity contribution in [2.45, 2.75) is 31.5 Å². The number of anilines is 1. The summed E-state index contributed by atoms with van der Waals surface area (Å²) in [5.74, 6) is 0.477. The maximum atomic E-state index is 12.2. The first-order valence-corrected chi connectivity index (χ1v) is 9.64. The maximum absolute atomic E-state index is 12.2. The Hall–Kier alpha value is -0.620. The van der Waals surface area contributed by atoms with Crippen molar-refractivity contribution in [3.05, 3.63) is 22.7 Å². The van der Waals surface area contributed by atoms with Crippen LogP contribution in [0.1, 0.15) is 13.2 Å². The topological polar surface area (TPSA) is 94.8 Å². The molecule has 0 radical (unpaired) electrons. The molecule has 8 nitrogen and oxygen atoms in total. The highest BCUT2D eigenvalue weighted by Gasteiger charge is 2.47. The number of nitrogens with zero attached hydrogens (tertiary/aromatic N) is 2. The molecule has 22 heavy (non-hydrogen) atoms. The summed E-state index contributed by atoms with van der Waals surface area (Å²) in [6.07, 6.45) is -0.576. The predicted octanol–water partition coefficient (Wildman–Crippen LogP) is 0.349. The Morgan fingerprint density at radius 3 is 2.91 bits per heavy atom. The van der Waals surface area contributed by atoms with Gasteiger partial charge in [-0.2, -0.15) is 4.98 Å². The quantitative estimate of drug-likeness (QED) is 0.686. The van der Waals surface area contributed by atoms with E-state index >= 15 is 0 Å². The van der Waals surface area contributed by atoms with E-state index in [-0.39, 0.29) is 15.1 Å². The zero-order valence-electron chi connectivity index (χ0n) is 12.4. The molecule has 1 aromatic rings. The summed E-state index contributed by atoms with van der Waals surface area (Å²) < 4.78 is 18.5. The van der Waals surface area contributed by atoms with E-state index in [0.29, 0.717) is 12.4 Å². The molecule has 1 fully saturated rings. The van der Waals surface area contributed by atoms with Gasteiger partial charge in [-0.05, 0) is 13.0 Å². The SMILES string of the molecule is CCO[C@@H]1C(OPP)[C@H](n2ccc(NC)nc2=O)O[C@@H]1CO. The molecule has 1 aliphatic rings. The molecule has 6 atom stereocenters. The fraction of sp³-hybridized carbons (Fsp3) is 0.667. The first-order valence-electron chi connectivity index (χ1n) is 6.92. The van der Waals surface area contributed by atoms with E-state index in [1.54, 1.807) is 19.3 Å². The van der Waals surface area contributed by atoms with Gasteiger partial charge in [0, 0.05) is 28.3 Å². The highest BCUT2D eigenvalue weighted by molar-refractivity contribution is 8.00. The van der Waals surface area contributed by atoms with Crippen molar-refractivity contribution in [3.63, 3.8) is 0 Å². The minimum Gasteiger partial charge on any atom is -0.394 e. The van der Waals surface area contributed by atoms with Crippen LogP contribution in [0.5, 0.6) is 0 Å². The molecular formula is C12H21N3O5P2. The first kappa shape index (κ1) is 17.7. The van der Waals surface area contributed by atoms with Crippen LogP contribution in [-0.4, -0.2) is 53.2 Å². The van der Waals surface area contributed by atoms with E-state index in [4.69, 9.17) is 14.0 Å². The Morgan fingerprint density at radius 1 is 1.59 bits per heavy atom. The first-order chi connectivity index (χ1) is 10.7. The molecule has 0 amide bonds. The van der Waals surface area contributed by atoms with Crippen LogP contribution < -0.4 is 11.0 Å². The van der Waals surface area contributed by atoms with Crippen molar-refractivity contribution >= 4 is 23.2 Å². The summed E-state index contributed by atoms with van der Waals surface area (Å²) >= 11 is 0. The third-order valence-electron chi connectivity index (χ3n) is 3.39. The van der Waals surface area contributed by atoms with Crippen molar-refractivity contribution in [2.24, 2.45) is 0 Å². The largest absolute Gasteiger partial charge is 0.394 e. The summed E-state index contributed by atoms with van der Waals surface area (Å²) in [6.45, 7) is 2.11. The van der Waals surface area contributed by atoms with Crippen LogP contribution in [0.3, 0.4) is 0 Å². The van der Waals surface area contributed by atoms with Gasteiger partial charge in [0.15, 0.2) is 6.23 Å². The fourth-order valence-corrected chi connectivity index (χ4v) is 3.30. The highest BCUT2D eigenvalue weighted by Crippen LogP contribution is 2.38. The Balaban J connectivity index is 2.33. The Labute approximate surface area is 132 Å². The highest BCUT2D eigenvalue weighted by atomic mass is 32.0. The summed E-state index contributed by atoms with van der Waals surface area (Å²) in [5, 5.41) is 12.3. The van der Waals surface area contributed by atoms with Gasteiger partial charge in [-0.15, -0.1) is 0 Å². The van der Waals surface area contributed by atoms with Crippen LogP contribution in [0.15, 0.2) is 17.1 Å². The lowest BCUT2D eigenvalue weighted by atomic mass is 10.1. The van der Waals surface area contributed by atoms with Crippen molar-refractivity contribution < 1.29 is 19.1 Å². The average molecular weight is 349 g/mol. The molecule has 124 valence electrons. The second-order valence-corrected chi connectivity index (χ2v) is 5.80. The van der Waals surface area contributed by atoms with Crippen molar-refractivity contribution in [1.82, 2.24) is 9.55 Å². The molecular weight excluding hydrogens is 328 g/mol. The molecule has 0 aromatic carbocycles. The lowest BCUT2D eigenvalue weighted by molar-refractivity contribution is -0.0604. The summed E-state index contributed by atoms with van der Waals surface area (Å²) in [5.41, 5.74) is -0.452. The van der Waals surface area contributed by atoms with Gasteiger partial charge < -0.3 is 24.4 Å². The molecule has 2 rings (SSSR count). The molecule has 1 saturated heterocycles.